The van der Waals surface area contributed by atoms with Crippen LogP contribution in [0, 0.1) is 5.82 Å². The summed E-state index contributed by atoms with van der Waals surface area (Å²) < 4.78 is 39.2. The van der Waals surface area contributed by atoms with Crippen LogP contribution in [0.25, 0.3) is 22.3 Å². The third-order valence-electron chi connectivity index (χ3n) is 20.0. The number of carbonyl (C=O) groups is 16. The van der Waals surface area contributed by atoms with Crippen molar-refractivity contribution in [2.45, 2.75) is 199 Å². The molecular formula is C80H105FN14O25. The highest BCUT2D eigenvalue weighted by molar-refractivity contribution is 6.13. The summed E-state index contributed by atoms with van der Waals surface area (Å²) in [5, 5.41) is 67.1. The van der Waals surface area contributed by atoms with Gasteiger partial charge in [-0.05, 0) is 127 Å². The summed E-state index contributed by atoms with van der Waals surface area (Å²) in [6, 6.07) is 1.07. The number of unbranched alkanes of at least 4 members (excludes halogenated alkanes) is 5. The molecule has 0 spiro atoms. The molecule has 0 unspecified atom stereocenters. The Bertz CT molecular complexity index is 4520. The quantitative estimate of drug-likeness (QED) is 0.0145. The van der Waals surface area contributed by atoms with E-state index in [1.54, 1.807) is 13.0 Å². The van der Waals surface area contributed by atoms with Gasteiger partial charge in [-0.1, -0.05) is 33.1 Å². The van der Waals surface area contributed by atoms with Crippen LogP contribution in [0.2, 0.25) is 0 Å². The fraction of sp³-hybridized carbons (Fsp3) is 0.525. The zero-order chi connectivity index (χ0) is 87.8. The van der Waals surface area contributed by atoms with E-state index >= 15 is 4.39 Å². The van der Waals surface area contributed by atoms with E-state index < -0.39 is 155 Å². The molecule has 0 radical (unpaired) electrons. The molecule has 15 N–H and O–H groups in total. The zero-order valence-electron chi connectivity index (χ0n) is 67.5. The maximum Gasteiger partial charge on any atom is 0.343 e. The molecule has 4 aromatic rings. The topological polar surface area (TPSA) is 561 Å². The lowest BCUT2D eigenvalue weighted by molar-refractivity contribution is -0.172. The lowest BCUT2D eigenvalue weighted by atomic mass is 9.86. The van der Waals surface area contributed by atoms with E-state index in [-0.39, 0.29) is 163 Å². The van der Waals surface area contributed by atoms with Crippen LogP contribution in [0.5, 0.6) is 5.75 Å². The minimum Gasteiger partial charge on any atom is -0.489 e. The Morgan fingerprint density at radius 1 is 0.550 bits per heavy atom. The Hall–Kier alpha value is -12.3. The fourth-order valence-corrected chi connectivity index (χ4v) is 13.2. The van der Waals surface area contributed by atoms with Crippen LogP contribution in [-0.4, -0.2) is 238 Å². The SMILES string of the molecule is CCc1c2c(nc3cc(F)c(OCCNC(=O)[C@H](C)NC(=O)[C@H](C)NC(=O)[C@H](C)NC(=O)[C@H](CCCCNC(=O)c4ccc(C(=O)NCCOCCOCCNC(=O)CCCCCCCNC(=O)CC[C@H](NC(=O)N[C@@H](CCC(=O)O)C(=O)O)C(=O)O)cc4)NC(=O)CCCN4C(=O)C=CC4=O)cc13)-c1cc3c(c(=O)n1C2)COC(=O)[C@]3(O)CC. The van der Waals surface area contributed by atoms with Crippen molar-refractivity contribution in [1.29, 1.82) is 0 Å². The third kappa shape index (κ3) is 27.9. The number of nitrogens with zero attached hydrogens (tertiary/aromatic N) is 3. The van der Waals surface area contributed by atoms with Gasteiger partial charge in [0.15, 0.2) is 17.2 Å². The van der Waals surface area contributed by atoms with Gasteiger partial charge < -0.3 is 102 Å². The number of carbonyl (C=O) groups excluding carboxylic acids is 13. The predicted octanol–water partition coefficient (Wildman–Crippen LogP) is 0.767. The van der Waals surface area contributed by atoms with E-state index in [0.29, 0.717) is 61.0 Å². The average molecular weight is 1680 g/mol. The summed E-state index contributed by atoms with van der Waals surface area (Å²) in [4.78, 5) is 220. The maximum absolute atomic E-state index is 15.7. The predicted molar refractivity (Wildman–Crippen MR) is 423 cm³/mol. The van der Waals surface area contributed by atoms with E-state index in [0.717, 1.165) is 41.9 Å². The smallest absolute Gasteiger partial charge is 0.343 e. The van der Waals surface area contributed by atoms with E-state index in [4.69, 9.17) is 29.0 Å². The number of halogens is 1. The van der Waals surface area contributed by atoms with Crippen LogP contribution in [-0.2, 0) is 102 Å². The minimum atomic E-state index is -2.03. The van der Waals surface area contributed by atoms with Gasteiger partial charge in [0.1, 0.15) is 49.5 Å². The first-order valence-corrected chi connectivity index (χ1v) is 39.8. The lowest BCUT2D eigenvalue weighted by Crippen LogP contribution is -2.56. The molecule has 40 heteroatoms. The number of cyclic esters (lactones) is 1. The molecule has 0 saturated heterocycles. The van der Waals surface area contributed by atoms with Crippen LogP contribution in [0.1, 0.15) is 180 Å². The summed E-state index contributed by atoms with van der Waals surface area (Å²) in [7, 11) is 0. The van der Waals surface area contributed by atoms with Gasteiger partial charge in [-0.2, -0.15) is 0 Å². The summed E-state index contributed by atoms with van der Waals surface area (Å²) >= 11 is 0. The van der Waals surface area contributed by atoms with Crippen LogP contribution >= 0.6 is 0 Å². The number of nitrogens with one attached hydrogen (secondary N) is 11. The Balaban J connectivity index is 0.736. The number of aliphatic hydroxyl groups is 1. The number of aromatic nitrogens is 2. The van der Waals surface area contributed by atoms with Gasteiger partial charge in [0.05, 0.1) is 62.0 Å². The molecule has 3 aliphatic heterocycles. The molecule has 0 aliphatic carbocycles. The number of esters is 1. The van der Waals surface area contributed by atoms with E-state index in [1.165, 1.54) is 61.7 Å². The second-order valence-electron chi connectivity index (χ2n) is 28.8. The molecule has 3 aliphatic rings. The number of pyridine rings is 2. The number of carboxylic acid groups (broad SMARTS) is 3. The van der Waals surface area contributed by atoms with Gasteiger partial charge in [-0.15, -0.1) is 0 Å². The first kappa shape index (κ1) is 94.8. The van der Waals surface area contributed by atoms with Crippen molar-refractivity contribution < 1.29 is 120 Å². The highest BCUT2D eigenvalue weighted by Crippen LogP contribution is 2.41. The molecular weight excluding hydrogens is 1580 g/mol. The number of fused-ring (bicyclic) bond motifs is 5. The lowest BCUT2D eigenvalue weighted by Gasteiger charge is -2.31. The molecule has 0 bridgehead atoms. The molecule has 652 valence electrons. The highest BCUT2D eigenvalue weighted by atomic mass is 19.1. The molecule has 120 heavy (non-hydrogen) atoms. The summed E-state index contributed by atoms with van der Waals surface area (Å²) in [6.07, 6.45) is 5.54. The highest BCUT2D eigenvalue weighted by Gasteiger charge is 2.46. The monoisotopic (exact) mass is 1680 g/mol. The van der Waals surface area contributed by atoms with Crippen molar-refractivity contribution in [2.24, 2.45) is 0 Å². The number of hydrogen-bond acceptors (Lipinski definition) is 23. The summed E-state index contributed by atoms with van der Waals surface area (Å²) in [5.41, 5.74) is 0.871. The molecule has 0 fully saturated rings. The molecule has 0 saturated carbocycles. The largest absolute Gasteiger partial charge is 0.489 e. The number of carboxylic acids is 3. The number of aliphatic carboxylic acids is 3. The third-order valence-corrected chi connectivity index (χ3v) is 20.0. The van der Waals surface area contributed by atoms with E-state index in [2.05, 4.69) is 53.2 Å². The number of aryl methyl sites for hydroxylation is 1. The van der Waals surface area contributed by atoms with Gasteiger partial charge in [-0.3, -0.25) is 67.2 Å². The number of benzene rings is 2. The standard InChI is InChI=1S/C80H105FN14O25/c1-6-50-51-40-61(55(81)42-59(51)91-68-52(50)43-95-60(68)41-54-53(75(95)109)44-120-78(114)80(54,116)7-2)119-37-33-85-69(103)45(3)87-70(104)46(4)88-71(105)47(5)89-74(108)56(90-64(98)18-15-34-94-65(99)26-27-66(94)100)16-12-14-30-84-72(106)48-19-21-49(22-20-48)73(107)86-32-36-118-39-38-117-35-31-83-62(96)17-11-9-8-10-13-29-82-63(97)25-23-57(76(110)111)92-79(115)93-58(77(112)113)24-28-67(101)102/h19-22,26-27,40-42,45-47,56-58,116H,6-18,23-25,28-39,43-44H2,1-5H3,(H,82,97)(H,83,96)(H,84,106)(H,85,103)(H,86,107)(H,87,104)(H,88,105)(H,89,108)(H,90,98)(H,101,102)(H,110,111)(H,112,113)(H2,92,93,115)/t45-,46-,47-,56-,57-,58-,80-/m0/s1. The number of imide groups is 1. The molecule has 39 nitrogen and oxygen atoms in total. The first-order chi connectivity index (χ1) is 57.2. The Morgan fingerprint density at radius 2 is 1.08 bits per heavy atom. The Kier molecular flexibility index (Phi) is 36.9. The van der Waals surface area contributed by atoms with Crippen molar-refractivity contribution in [1.82, 2.24) is 72.9 Å². The fourth-order valence-electron chi connectivity index (χ4n) is 13.2. The number of hydrogen-bond donors (Lipinski definition) is 15. The van der Waals surface area contributed by atoms with Gasteiger partial charge in [0.2, 0.25) is 41.4 Å². The van der Waals surface area contributed by atoms with E-state index in [1.807, 2.05) is 12.2 Å². The first-order valence-electron chi connectivity index (χ1n) is 39.8. The average Bonchev–Trinajstić information content (AvgIpc) is 1.56. The molecule has 5 heterocycles. The van der Waals surface area contributed by atoms with E-state index in [9.17, 15) is 96.8 Å². The zero-order valence-corrected chi connectivity index (χ0v) is 67.5. The minimum absolute atomic E-state index is 0.0256. The Morgan fingerprint density at radius 3 is 1.69 bits per heavy atom. The molecule has 2 aromatic heterocycles. The number of amides is 13. The normalized spacial score (nSPS) is 15.2. The summed E-state index contributed by atoms with van der Waals surface area (Å²) in [6.45, 7) is 8.77. The second-order valence-corrected chi connectivity index (χ2v) is 28.8. The Labute approximate surface area is 688 Å². The van der Waals surface area contributed by atoms with Crippen molar-refractivity contribution in [3.8, 4) is 17.1 Å². The molecule has 2 aromatic carbocycles. The van der Waals surface area contributed by atoms with Crippen LogP contribution < -0.4 is 68.8 Å². The maximum atomic E-state index is 15.7. The van der Waals surface area contributed by atoms with Gasteiger partial charge in [-0.25, -0.2) is 28.6 Å². The van der Waals surface area contributed by atoms with Crippen molar-refractivity contribution in [2.75, 3.05) is 72.3 Å². The van der Waals surface area contributed by atoms with Crippen molar-refractivity contribution in [3.05, 3.63) is 104 Å². The second kappa shape index (κ2) is 46.7. The molecule has 7 rings (SSSR count). The molecule has 7 atom stereocenters. The van der Waals surface area contributed by atoms with Crippen LogP contribution in [0.15, 0.2) is 59.4 Å². The number of ether oxygens (including phenoxy) is 4. The van der Waals surface area contributed by atoms with Gasteiger partial charge >= 0.3 is 29.9 Å². The molecule has 13 amide bonds. The van der Waals surface area contributed by atoms with Crippen molar-refractivity contribution in [3.63, 3.8) is 0 Å². The van der Waals surface area contributed by atoms with Crippen LogP contribution in [0.4, 0.5) is 9.18 Å². The van der Waals surface area contributed by atoms with Gasteiger partial charge in [0, 0.05) is 104 Å². The van der Waals surface area contributed by atoms with Crippen molar-refractivity contribution >= 4 is 106 Å². The van der Waals surface area contributed by atoms with Gasteiger partial charge in [0.25, 0.3) is 29.2 Å². The summed E-state index contributed by atoms with van der Waals surface area (Å²) in [5.74, 6) is -12.1. The number of rotatable bonds is 52. The van der Waals surface area contributed by atoms with Crippen LogP contribution in [0.3, 0.4) is 0 Å². The number of urea groups is 1.